The van der Waals surface area contributed by atoms with Crippen LogP contribution in [-0.2, 0) is 0 Å². The highest BCUT2D eigenvalue weighted by molar-refractivity contribution is 6.09. The molecule has 0 aliphatic carbocycles. The number of anilines is 1. The van der Waals surface area contributed by atoms with E-state index in [0.717, 1.165) is 11.3 Å². The van der Waals surface area contributed by atoms with Gasteiger partial charge in [-0.3, -0.25) is 4.79 Å². The van der Waals surface area contributed by atoms with Crippen LogP contribution in [0.1, 0.15) is 22.8 Å². The maximum atomic E-state index is 13.0. The van der Waals surface area contributed by atoms with Crippen LogP contribution in [0, 0.1) is 6.92 Å². The van der Waals surface area contributed by atoms with E-state index < -0.39 is 0 Å². The van der Waals surface area contributed by atoms with Crippen molar-refractivity contribution in [2.24, 2.45) is 0 Å². The van der Waals surface area contributed by atoms with Gasteiger partial charge in [0.15, 0.2) is 0 Å². The quantitative estimate of drug-likeness (QED) is 0.845. The first-order chi connectivity index (χ1) is 10.6. The summed E-state index contributed by atoms with van der Waals surface area (Å²) in [5, 5.41) is 0. The highest BCUT2D eigenvalue weighted by Crippen LogP contribution is 2.31. The zero-order valence-electron chi connectivity index (χ0n) is 13.4. The molecule has 0 aliphatic heterocycles. The van der Waals surface area contributed by atoms with Crippen LogP contribution in [0.2, 0.25) is 0 Å². The largest absolute Gasteiger partial charge is 0.496 e. The van der Waals surface area contributed by atoms with Crippen LogP contribution in [0.3, 0.4) is 0 Å². The predicted octanol–water partition coefficient (Wildman–Crippen LogP) is 3.68. The summed E-state index contributed by atoms with van der Waals surface area (Å²) in [5.74, 6) is 0.883. The van der Waals surface area contributed by atoms with Crippen LogP contribution in [0.25, 0.3) is 0 Å². The lowest BCUT2D eigenvalue weighted by Gasteiger charge is -2.23. The van der Waals surface area contributed by atoms with E-state index >= 15 is 0 Å². The number of amides is 1. The van der Waals surface area contributed by atoms with Crippen molar-refractivity contribution in [3.63, 3.8) is 0 Å². The van der Waals surface area contributed by atoms with Crippen molar-refractivity contribution in [3.05, 3.63) is 53.6 Å². The zero-order valence-corrected chi connectivity index (χ0v) is 13.4. The Kier molecular flexibility index (Phi) is 5.04. The van der Waals surface area contributed by atoms with Gasteiger partial charge in [-0.25, -0.2) is 0 Å². The van der Waals surface area contributed by atoms with Gasteiger partial charge in [0.2, 0.25) is 0 Å². The van der Waals surface area contributed by atoms with Crippen molar-refractivity contribution >= 4 is 11.6 Å². The number of nitrogens with zero attached hydrogens (tertiary/aromatic N) is 1. The lowest BCUT2D eigenvalue weighted by atomic mass is 10.1. The summed E-state index contributed by atoms with van der Waals surface area (Å²) in [4.78, 5) is 14.7. The molecule has 0 atom stereocenters. The Hall–Kier alpha value is -2.49. The van der Waals surface area contributed by atoms with E-state index in [1.807, 2.05) is 38.1 Å². The van der Waals surface area contributed by atoms with Crippen molar-refractivity contribution in [2.75, 3.05) is 25.7 Å². The first-order valence-corrected chi connectivity index (χ1v) is 7.21. The van der Waals surface area contributed by atoms with Crippen LogP contribution in [0.5, 0.6) is 11.5 Å². The second-order valence-corrected chi connectivity index (χ2v) is 4.93. The smallest absolute Gasteiger partial charge is 0.265 e. The van der Waals surface area contributed by atoms with Gasteiger partial charge in [-0.15, -0.1) is 0 Å². The summed E-state index contributed by atoms with van der Waals surface area (Å²) in [5.41, 5.74) is 2.41. The first-order valence-electron chi connectivity index (χ1n) is 7.21. The molecule has 0 heterocycles. The average molecular weight is 299 g/mol. The number of carbonyl (C=O) groups is 1. The highest BCUT2D eigenvalue weighted by atomic mass is 16.5. The SMILES string of the molecule is CCN(C(=O)c1c(OC)cccc1OC)c1cccc(C)c1. The number of hydrogen-bond donors (Lipinski definition) is 0. The first kappa shape index (κ1) is 15.9. The molecule has 0 bridgehead atoms. The van der Waals surface area contributed by atoms with Gasteiger partial charge < -0.3 is 14.4 Å². The third kappa shape index (κ3) is 3.06. The summed E-state index contributed by atoms with van der Waals surface area (Å²) >= 11 is 0. The average Bonchev–Trinajstić information content (AvgIpc) is 2.54. The van der Waals surface area contributed by atoms with Crippen molar-refractivity contribution < 1.29 is 14.3 Å². The highest BCUT2D eigenvalue weighted by Gasteiger charge is 2.24. The lowest BCUT2D eigenvalue weighted by molar-refractivity contribution is 0.0982. The van der Waals surface area contributed by atoms with E-state index in [9.17, 15) is 4.79 Å². The Balaban J connectivity index is 2.49. The topological polar surface area (TPSA) is 38.8 Å². The molecule has 0 unspecified atom stereocenters. The molecule has 0 radical (unpaired) electrons. The molecule has 0 aromatic heterocycles. The molecule has 0 saturated heterocycles. The fraction of sp³-hybridized carbons (Fsp3) is 0.278. The van der Waals surface area contributed by atoms with Crippen LogP contribution >= 0.6 is 0 Å². The normalized spacial score (nSPS) is 10.2. The van der Waals surface area contributed by atoms with Crippen molar-refractivity contribution in [1.29, 1.82) is 0 Å². The van der Waals surface area contributed by atoms with Crippen molar-refractivity contribution in [2.45, 2.75) is 13.8 Å². The zero-order chi connectivity index (χ0) is 16.1. The summed E-state index contributed by atoms with van der Waals surface area (Å²) in [6, 6.07) is 13.2. The fourth-order valence-corrected chi connectivity index (χ4v) is 2.44. The predicted molar refractivity (Wildman–Crippen MR) is 88.1 cm³/mol. The van der Waals surface area contributed by atoms with Gasteiger partial charge in [-0.2, -0.15) is 0 Å². The number of aryl methyl sites for hydroxylation is 1. The van der Waals surface area contributed by atoms with Gasteiger partial charge >= 0.3 is 0 Å². The number of benzene rings is 2. The molecule has 22 heavy (non-hydrogen) atoms. The number of methoxy groups -OCH3 is 2. The summed E-state index contributed by atoms with van der Waals surface area (Å²) in [7, 11) is 3.10. The minimum absolute atomic E-state index is 0.137. The second kappa shape index (κ2) is 6.98. The summed E-state index contributed by atoms with van der Waals surface area (Å²) in [6.45, 7) is 4.51. The maximum absolute atomic E-state index is 13.0. The Morgan fingerprint density at radius 2 is 1.64 bits per heavy atom. The van der Waals surface area contributed by atoms with E-state index in [1.54, 1.807) is 37.3 Å². The Bertz CT molecular complexity index is 645. The monoisotopic (exact) mass is 299 g/mol. The molecule has 116 valence electrons. The van der Waals surface area contributed by atoms with Crippen molar-refractivity contribution in [1.82, 2.24) is 0 Å². The minimum Gasteiger partial charge on any atom is -0.496 e. The molecular formula is C18H21NO3. The molecule has 4 heteroatoms. The van der Waals surface area contributed by atoms with Crippen molar-refractivity contribution in [3.8, 4) is 11.5 Å². The maximum Gasteiger partial charge on any atom is 0.265 e. The van der Waals surface area contributed by atoms with Gasteiger partial charge in [-0.1, -0.05) is 18.2 Å². The van der Waals surface area contributed by atoms with E-state index in [2.05, 4.69) is 0 Å². The molecule has 0 N–H and O–H groups in total. The molecule has 0 spiro atoms. The number of ether oxygens (including phenoxy) is 2. The van der Waals surface area contributed by atoms with E-state index in [1.165, 1.54) is 0 Å². The van der Waals surface area contributed by atoms with E-state index in [-0.39, 0.29) is 5.91 Å². The van der Waals surface area contributed by atoms with Gasteiger partial charge in [-0.05, 0) is 43.7 Å². The minimum atomic E-state index is -0.137. The van der Waals surface area contributed by atoms with Gasteiger partial charge in [0, 0.05) is 12.2 Å². The number of hydrogen-bond acceptors (Lipinski definition) is 3. The molecule has 0 aliphatic rings. The molecule has 2 aromatic rings. The standard InChI is InChI=1S/C18H21NO3/c1-5-19(14-9-6-8-13(2)12-14)18(20)17-15(21-3)10-7-11-16(17)22-4/h6-12H,5H2,1-4H3. The van der Waals surface area contributed by atoms with Crippen LogP contribution in [-0.4, -0.2) is 26.7 Å². The fourth-order valence-electron chi connectivity index (χ4n) is 2.44. The van der Waals surface area contributed by atoms with Crippen LogP contribution in [0.15, 0.2) is 42.5 Å². The summed E-state index contributed by atoms with van der Waals surface area (Å²) < 4.78 is 10.7. The van der Waals surface area contributed by atoms with Gasteiger partial charge in [0.1, 0.15) is 17.1 Å². The Labute approximate surface area is 131 Å². The molecule has 0 saturated carbocycles. The van der Waals surface area contributed by atoms with Crippen LogP contribution in [0.4, 0.5) is 5.69 Å². The van der Waals surface area contributed by atoms with E-state index in [4.69, 9.17) is 9.47 Å². The second-order valence-electron chi connectivity index (χ2n) is 4.93. The Morgan fingerprint density at radius 3 is 2.14 bits per heavy atom. The van der Waals surface area contributed by atoms with Gasteiger partial charge in [0.25, 0.3) is 5.91 Å². The summed E-state index contributed by atoms with van der Waals surface area (Å²) in [6.07, 6.45) is 0. The number of carbonyl (C=O) groups excluding carboxylic acids is 1. The number of rotatable bonds is 5. The Morgan fingerprint density at radius 1 is 1.05 bits per heavy atom. The molecular weight excluding hydrogens is 278 g/mol. The lowest BCUT2D eigenvalue weighted by Crippen LogP contribution is -2.31. The van der Waals surface area contributed by atoms with E-state index in [0.29, 0.717) is 23.6 Å². The molecule has 0 fully saturated rings. The van der Waals surface area contributed by atoms with Gasteiger partial charge in [0.05, 0.1) is 14.2 Å². The molecule has 2 rings (SSSR count). The third-order valence-corrected chi connectivity index (χ3v) is 3.52. The molecule has 2 aromatic carbocycles. The molecule has 1 amide bonds. The third-order valence-electron chi connectivity index (χ3n) is 3.52. The van der Waals surface area contributed by atoms with Crippen LogP contribution < -0.4 is 14.4 Å². The molecule has 4 nitrogen and oxygen atoms in total.